The topological polar surface area (TPSA) is 135 Å². The van der Waals surface area contributed by atoms with Crippen molar-refractivity contribution >= 4 is 35.9 Å². The first-order chi connectivity index (χ1) is 19.9. The Morgan fingerprint density at radius 1 is 1.02 bits per heavy atom. The molecule has 12 heteroatoms. The van der Waals surface area contributed by atoms with E-state index in [-0.39, 0.29) is 19.1 Å². The quantitative estimate of drug-likeness (QED) is 0.0804. The van der Waals surface area contributed by atoms with Crippen molar-refractivity contribution in [2.75, 3.05) is 31.9 Å². The number of nitrogens with zero attached hydrogens (tertiary/aromatic N) is 4. The van der Waals surface area contributed by atoms with Crippen molar-refractivity contribution in [2.45, 2.75) is 90.2 Å². The number of imidazole rings is 1. The van der Waals surface area contributed by atoms with E-state index in [1.807, 2.05) is 6.07 Å². The highest BCUT2D eigenvalue weighted by Gasteiger charge is 2.21. The van der Waals surface area contributed by atoms with Crippen LogP contribution in [-0.2, 0) is 25.1 Å². The number of nitrogen functional groups attached to an aromatic ring is 1. The number of rotatable bonds is 21. The first-order valence-electron chi connectivity index (χ1n) is 14.5. The molecule has 0 spiro atoms. The van der Waals surface area contributed by atoms with Crippen LogP contribution in [0.5, 0.6) is 0 Å². The van der Waals surface area contributed by atoms with E-state index in [0.717, 1.165) is 17.7 Å². The number of anilines is 1. The first kappa shape index (κ1) is 33.2. The molecule has 0 radical (unpaired) electrons. The molecule has 41 heavy (non-hydrogen) atoms. The summed E-state index contributed by atoms with van der Waals surface area (Å²) in [6.45, 7) is 3.57. The fourth-order valence-corrected chi connectivity index (χ4v) is 5.77. The van der Waals surface area contributed by atoms with Gasteiger partial charge in [0.2, 0.25) is 0 Å². The Hall–Kier alpha value is -2.32. The van der Waals surface area contributed by atoms with Crippen molar-refractivity contribution in [3.05, 3.63) is 35.0 Å². The second kappa shape index (κ2) is 19.0. The highest BCUT2D eigenvalue weighted by atomic mass is 32.1. The second-order valence-corrected chi connectivity index (χ2v) is 12.8. The third-order valence-corrected chi connectivity index (χ3v) is 8.30. The molecule has 3 aromatic heterocycles. The van der Waals surface area contributed by atoms with E-state index in [2.05, 4.69) is 38.2 Å². The lowest BCUT2D eigenvalue weighted by Crippen LogP contribution is -2.17. The summed E-state index contributed by atoms with van der Waals surface area (Å²) in [5.41, 5.74) is 6.91. The summed E-state index contributed by atoms with van der Waals surface area (Å²) >= 11 is 1.70. The molecule has 0 aromatic carbocycles. The number of thiophene rings is 1. The maximum atomic E-state index is 12.3. The predicted octanol–water partition coefficient (Wildman–Crippen LogP) is 6.39. The fourth-order valence-electron chi connectivity index (χ4n) is 4.25. The van der Waals surface area contributed by atoms with Crippen LogP contribution in [0.4, 0.5) is 5.82 Å². The molecule has 1 unspecified atom stereocenters. The third kappa shape index (κ3) is 13.5. The Morgan fingerprint density at radius 3 is 2.51 bits per heavy atom. The molecule has 0 aliphatic heterocycles. The predicted molar refractivity (Wildman–Crippen MR) is 164 cm³/mol. The molecule has 3 N–H and O–H groups in total. The van der Waals surface area contributed by atoms with Gasteiger partial charge in [0.15, 0.2) is 11.5 Å². The summed E-state index contributed by atoms with van der Waals surface area (Å²) in [4.78, 5) is 23.5. The van der Waals surface area contributed by atoms with Crippen molar-refractivity contribution in [1.29, 1.82) is 0 Å². The Morgan fingerprint density at radius 2 is 1.76 bits per heavy atom. The molecule has 0 saturated heterocycles. The van der Waals surface area contributed by atoms with Gasteiger partial charge in [-0.3, -0.25) is 4.57 Å². The minimum Gasteiger partial charge on any atom is -0.382 e. The Labute approximate surface area is 247 Å². The monoisotopic (exact) mass is 605 g/mol. The number of aromatic nitrogens is 4. The van der Waals surface area contributed by atoms with Gasteiger partial charge in [-0.25, -0.2) is 15.0 Å². The van der Waals surface area contributed by atoms with Crippen molar-refractivity contribution in [2.24, 2.45) is 0 Å². The maximum absolute atomic E-state index is 12.3. The number of hydrogen-bond donors (Lipinski definition) is 2. The molecule has 2 atom stereocenters. The molecular weight excluding hydrogens is 561 g/mol. The summed E-state index contributed by atoms with van der Waals surface area (Å²) in [5.74, 6) is 6.79. The van der Waals surface area contributed by atoms with Gasteiger partial charge in [0.25, 0.3) is 0 Å². The van der Waals surface area contributed by atoms with Gasteiger partial charge in [-0.15, -0.1) is 11.3 Å². The minimum absolute atomic E-state index is 0.148. The van der Waals surface area contributed by atoms with E-state index in [4.69, 9.17) is 19.7 Å². The second-order valence-electron chi connectivity index (χ2n) is 10.1. The van der Waals surface area contributed by atoms with Gasteiger partial charge >= 0.3 is 7.60 Å². The van der Waals surface area contributed by atoms with E-state index in [0.29, 0.717) is 43.2 Å². The number of nitrogens with two attached hydrogens (primary N) is 1. The molecule has 3 rings (SSSR count). The molecule has 0 aliphatic carbocycles. The van der Waals surface area contributed by atoms with E-state index < -0.39 is 7.60 Å². The average molecular weight is 606 g/mol. The zero-order chi connectivity index (χ0) is 29.2. The lowest BCUT2D eigenvalue weighted by Gasteiger charge is -2.17. The number of hydrogen-bond acceptors (Lipinski definition) is 9. The van der Waals surface area contributed by atoms with Gasteiger partial charge < -0.3 is 29.2 Å². The minimum atomic E-state index is -3.85. The van der Waals surface area contributed by atoms with E-state index in [1.54, 1.807) is 29.2 Å². The SMILES string of the molecule is C[C@H](Cn1cnc2c(N)ncnc21)OCP(=O)(O)OCCCOCCCCCCCCCCCC#Cc1cccs1. The van der Waals surface area contributed by atoms with Crippen LogP contribution in [0.15, 0.2) is 30.2 Å². The van der Waals surface area contributed by atoms with Crippen LogP contribution in [0.2, 0.25) is 0 Å². The standard InChI is InChI=1S/C29H44N5O5PS/c1-25(21-34-23-33-27-28(30)31-22-32-29(27)34)38-24-40(35,36)39-19-14-18-37-17-12-10-8-6-4-2-3-5-7-9-11-15-26-16-13-20-41-26/h13,16,20,22-23,25H,2-10,12,14,17-19,21,24H2,1H3,(H,35,36)(H2,30,31,32)/t25-/m1/s1. The first-order valence-corrected chi connectivity index (χ1v) is 17.2. The van der Waals surface area contributed by atoms with Gasteiger partial charge in [-0.1, -0.05) is 62.9 Å². The van der Waals surface area contributed by atoms with Crippen molar-refractivity contribution in [3.63, 3.8) is 0 Å². The Bertz CT molecular complexity index is 1240. The molecule has 0 aliphatic rings. The summed E-state index contributed by atoms with van der Waals surface area (Å²) < 4.78 is 30.4. The summed E-state index contributed by atoms with van der Waals surface area (Å²) in [6.07, 6.45) is 14.9. The molecule has 0 amide bonds. The average Bonchev–Trinajstić information content (AvgIpc) is 3.62. The molecular formula is C29H44N5O5PS. The summed E-state index contributed by atoms with van der Waals surface area (Å²) in [5, 5.41) is 2.06. The van der Waals surface area contributed by atoms with Crippen LogP contribution < -0.4 is 5.73 Å². The molecule has 3 aromatic rings. The largest absolute Gasteiger partial charge is 0.382 e. The lowest BCUT2D eigenvalue weighted by atomic mass is 10.1. The highest BCUT2D eigenvalue weighted by Crippen LogP contribution is 2.42. The van der Waals surface area contributed by atoms with E-state index in [9.17, 15) is 9.46 Å². The van der Waals surface area contributed by atoms with E-state index >= 15 is 0 Å². The molecule has 226 valence electrons. The van der Waals surface area contributed by atoms with Crippen molar-refractivity contribution in [1.82, 2.24) is 19.5 Å². The van der Waals surface area contributed by atoms with E-state index in [1.165, 1.54) is 57.7 Å². The van der Waals surface area contributed by atoms with Gasteiger partial charge in [0, 0.05) is 19.6 Å². The molecule has 3 heterocycles. The summed E-state index contributed by atoms with van der Waals surface area (Å²) in [6, 6.07) is 4.11. The smallest absolute Gasteiger partial charge is 0.353 e. The van der Waals surface area contributed by atoms with Crippen LogP contribution in [-0.4, -0.2) is 56.7 Å². The van der Waals surface area contributed by atoms with Crippen molar-refractivity contribution < 1.29 is 23.5 Å². The zero-order valence-corrected chi connectivity index (χ0v) is 25.8. The Balaban J connectivity index is 1.09. The van der Waals surface area contributed by atoms with Gasteiger partial charge in [-0.2, -0.15) is 0 Å². The van der Waals surface area contributed by atoms with Crippen molar-refractivity contribution in [3.8, 4) is 11.8 Å². The normalized spacial score (nSPS) is 13.6. The number of fused-ring (bicyclic) bond motifs is 1. The van der Waals surface area contributed by atoms with Gasteiger partial charge in [0.05, 0.1) is 30.5 Å². The van der Waals surface area contributed by atoms with Crippen LogP contribution in [0.25, 0.3) is 11.2 Å². The number of unbranched alkanes of at least 4 members (excludes halogenated alkanes) is 9. The third-order valence-electron chi connectivity index (χ3n) is 6.45. The zero-order valence-electron chi connectivity index (χ0n) is 24.1. The lowest BCUT2D eigenvalue weighted by molar-refractivity contribution is 0.0688. The molecule has 0 fully saturated rings. The fraction of sp³-hybridized carbons (Fsp3) is 0.621. The molecule has 0 saturated carbocycles. The Kier molecular flexibility index (Phi) is 15.4. The maximum Gasteiger partial charge on any atom is 0.353 e. The van der Waals surface area contributed by atoms with Crippen LogP contribution in [0.3, 0.4) is 0 Å². The van der Waals surface area contributed by atoms with Gasteiger partial charge in [-0.05, 0) is 37.6 Å². The molecule has 0 bridgehead atoms. The van der Waals surface area contributed by atoms with Gasteiger partial charge in [0.1, 0.15) is 18.2 Å². The number of ether oxygens (including phenoxy) is 2. The van der Waals surface area contributed by atoms with Crippen LogP contribution in [0, 0.1) is 11.8 Å². The summed E-state index contributed by atoms with van der Waals surface area (Å²) in [7, 11) is -3.85. The van der Waals surface area contributed by atoms with Crippen LogP contribution >= 0.6 is 18.9 Å². The van der Waals surface area contributed by atoms with Crippen LogP contribution in [0.1, 0.15) is 82.4 Å². The highest BCUT2D eigenvalue weighted by molar-refractivity contribution is 7.52. The molecule has 10 nitrogen and oxygen atoms in total.